The second-order valence-corrected chi connectivity index (χ2v) is 6.85. The monoisotopic (exact) mass is 346 g/mol. The largest absolute Gasteiger partial charge is 0.381 e. The third-order valence-corrected chi connectivity index (χ3v) is 4.39. The Labute approximate surface area is 150 Å². The van der Waals surface area contributed by atoms with Gasteiger partial charge in [0.1, 0.15) is 0 Å². The minimum absolute atomic E-state index is 0.0187. The minimum Gasteiger partial charge on any atom is -0.381 e. The standard InChI is InChI=1S/C19H30N4O2/c1-14-5-6-17(15(2)9-14)11-21-19(22-12-18(24)23(3)4)20-10-16-7-8-25-13-16/h5-6,9,16H,7-8,10-13H2,1-4H3,(H2,20,21,22). The van der Waals surface area contributed by atoms with Gasteiger partial charge in [0, 0.05) is 33.2 Å². The van der Waals surface area contributed by atoms with E-state index in [1.807, 2.05) is 0 Å². The number of carbonyl (C=O) groups is 1. The van der Waals surface area contributed by atoms with Crippen LogP contribution in [0.4, 0.5) is 0 Å². The molecule has 1 amide bonds. The number of ether oxygens (including phenoxy) is 1. The molecule has 0 aliphatic carbocycles. The molecule has 6 nitrogen and oxygen atoms in total. The van der Waals surface area contributed by atoms with Crippen LogP contribution in [0, 0.1) is 19.8 Å². The summed E-state index contributed by atoms with van der Waals surface area (Å²) in [6.45, 7) is 7.41. The highest BCUT2D eigenvalue weighted by Gasteiger charge is 2.16. The van der Waals surface area contributed by atoms with Gasteiger partial charge >= 0.3 is 0 Å². The van der Waals surface area contributed by atoms with Crippen molar-refractivity contribution in [3.05, 3.63) is 34.9 Å². The predicted molar refractivity (Wildman–Crippen MR) is 101 cm³/mol. The number of aliphatic imine (C=N–C) groups is 1. The predicted octanol–water partition coefficient (Wildman–Crippen LogP) is 1.46. The molecule has 1 aromatic rings. The number of rotatable bonds is 6. The second kappa shape index (κ2) is 9.42. The topological polar surface area (TPSA) is 66.0 Å². The first-order valence-corrected chi connectivity index (χ1v) is 8.82. The van der Waals surface area contributed by atoms with E-state index >= 15 is 0 Å². The number of nitrogens with one attached hydrogen (secondary N) is 2. The molecule has 0 radical (unpaired) electrons. The van der Waals surface area contributed by atoms with E-state index < -0.39 is 0 Å². The molecule has 138 valence electrons. The summed E-state index contributed by atoms with van der Waals surface area (Å²) < 4.78 is 5.41. The van der Waals surface area contributed by atoms with Gasteiger partial charge in [-0.2, -0.15) is 0 Å². The zero-order valence-corrected chi connectivity index (χ0v) is 15.8. The van der Waals surface area contributed by atoms with Gasteiger partial charge in [0.2, 0.25) is 5.91 Å². The van der Waals surface area contributed by atoms with E-state index in [4.69, 9.17) is 4.74 Å². The van der Waals surface area contributed by atoms with Crippen LogP contribution < -0.4 is 10.6 Å². The third-order valence-electron chi connectivity index (χ3n) is 4.39. The molecule has 0 aromatic heterocycles. The summed E-state index contributed by atoms with van der Waals surface area (Å²) in [7, 11) is 3.50. The van der Waals surface area contributed by atoms with Crippen LogP contribution in [0.15, 0.2) is 23.2 Å². The summed E-state index contributed by atoms with van der Waals surface area (Å²) in [6, 6.07) is 6.38. The van der Waals surface area contributed by atoms with Gasteiger partial charge in [-0.15, -0.1) is 0 Å². The van der Waals surface area contributed by atoms with Gasteiger partial charge in [-0.05, 0) is 31.4 Å². The van der Waals surface area contributed by atoms with Crippen LogP contribution in [0.25, 0.3) is 0 Å². The van der Waals surface area contributed by atoms with Crippen LogP contribution in [-0.2, 0) is 16.1 Å². The van der Waals surface area contributed by atoms with Crippen LogP contribution >= 0.6 is 0 Å². The molecule has 1 aliphatic heterocycles. The Morgan fingerprint density at radius 3 is 2.76 bits per heavy atom. The summed E-state index contributed by atoms with van der Waals surface area (Å²) in [5.74, 6) is 1.19. The first-order chi connectivity index (χ1) is 12.0. The van der Waals surface area contributed by atoms with Gasteiger partial charge < -0.3 is 20.3 Å². The fourth-order valence-electron chi connectivity index (χ4n) is 2.66. The number of hydrogen-bond donors (Lipinski definition) is 2. The highest BCUT2D eigenvalue weighted by molar-refractivity contribution is 5.86. The van der Waals surface area contributed by atoms with Gasteiger partial charge in [0.15, 0.2) is 5.96 Å². The molecule has 1 aromatic carbocycles. The zero-order chi connectivity index (χ0) is 18.2. The average molecular weight is 346 g/mol. The lowest BCUT2D eigenvalue weighted by molar-refractivity contribution is -0.127. The fraction of sp³-hybridized carbons (Fsp3) is 0.579. The fourth-order valence-corrected chi connectivity index (χ4v) is 2.66. The van der Waals surface area contributed by atoms with Crippen molar-refractivity contribution in [3.8, 4) is 0 Å². The lowest BCUT2D eigenvalue weighted by atomic mass is 10.1. The number of amides is 1. The van der Waals surface area contributed by atoms with Crippen LogP contribution in [0.5, 0.6) is 0 Å². The first-order valence-electron chi connectivity index (χ1n) is 8.82. The Kier molecular flexibility index (Phi) is 7.25. The Morgan fingerprint density at radius 1 is 1.32 bits per heavy atom. The highest BCUT2D eigenvalue weighted by Crippen LogP contribution is 2.12. The molecule has 2 N–H and O–H groups in total. The van der Waals surface area contributed by atoms with E-state index in [2.05, 4.69) is 47.7 Å². The summed E-state index contributed by atoms with van der Waals surface area (Å²) >= 11 is 0. The Balaban J connectivity index is 1.98. The Hall–Kier alpha value is -2.08. The molecular formula is C19H30N4O2. The van der Waals surface area contributed by atoms with Crippen LogP contribution in [0.3, 0.4) is 0 Å². The van der Waals surface area contributed by atoms with Crippen LogP contribution in [0.1, 0.15) is 23.1 Å². The summed E-state index contributed by atoms with van der Waals surface area (Å²) in [4.78, 5) is 18.1. The molecule has 0 spiro atoms. The average Bonchev–Trinajstić information content (AvgIpc) is 3.08. The van der Waals surface area contributed by atoms with Crippen molar-refractivity contribution in [2.24, 2.45) is 10.9 Å². The molecule has 1 aliphatic rings. The van der Waals surface area contributed by atoms with Gasteiger partial charge in [0.05, 0.1) is 19.7 Å². The van der Waals surface area contributed by atoms with Crippen molar-refractivity contribution in [3.63, 3.8) is 0 Å². The molecule has 0 bridgehead atoms. The van der Waals surface area contributed by atoms with Crippen molar-refractivity contribution in [1.29, 1.82) is 0 Å². The molecule has 25 heavy (non-hydrogen) atoms. The lowest BCUT2D eigenvalue weighted by Crippen LogP contribution is -2.44. The van der Waals surface area contributed by atoms with E-state index in [1.165, 1.54) is 16.7 Å². The maximum Gasteiger partial charge on any atom is 0.241 e. The summed E-state index contributed by atoms with van der Waals surface area (Å²) in [6.07, 6.45) is 1.06. The normalized spacial score (nSPS) is 17.4. The van der Waals surface area contributed by atoms with Crippen molar-refractivity contribution in [1.82, 2.24) is 15.5 Å². The van der Waals surface area contributed by atoms with Crippen LogP contribution in [0.2, 0.25) is 0 Å². The number of likely N-dealkylation sites (N-methyl/N-ethyl adjacent to an activating group) is 1. The minimum atomic E-state index is 0.0187. The van der Waals surface area contributed by atoms with Crippen molar-refractivity contribution in [2.75, 3.05) is 40.4 Å². The summed E-state index contributed by atoms with van der Waals surface area (Å²) in [5, 5.41) is 6.48. The highest BCUT2D eigenvalue weighted by atomic mass is 16.5. The molecule has 1 heterocycles. The van der Waals surface area contributed by atoms with Crippen molar-refractivity contribution in [2.45, 2.75) is 26.8 Å². The van der Waals surface area contributed by atoms with Gasteiger partial charge in [-0.25, -0.2) is 4.99 Å². The summed E-state index contributed by atoms with van der Waals surface area (Å²) in [5.41, 5.74) is 3.67. The van der Waals surface area contributed by atoms with Gasteiger partial charge in [0.25, 0.3) is 0 Å². The number of benzene rings is 1. The number of hydrogen-bond acceptors (Lipinski definition) is 3. The first kappa shape index (κ1) is 19.2. The van der Waals surface area contributed by atoms with E-state index in [1.54, 1.807) is 19.0 Å². The zero-order valence-electron chi connectivity index (χ0n) is 15.8. The quantitative estimate of drug-likeness (QED) is 0.605. The molecule has 1 atom stereocenters. The number of carbonyl (C=O) groups excluding carboxylic acids is 1. The maximum atomic E-state index is 11.8. The van der Waals surface area contributed by atoms with E-state index in [-0.39, 0.29) is 12.5 Å². The number of guanidine groups is 1. The molecule has 2 rings (SSSR count). The SMILES string of the molecule is Cc1ccc(CN=C(NCC(=O)N(C)C)NCC2CCOC2)c(C)c1. The Morgan fingerprint density at radius 2 is 2.12 bits per heavy atom. The van der Waals surface area contributed by atoms with E-state index in [9.17, 15) is 4.79 Å². The lowest BCUT2D eigenvalue weighted by Gasteiger charge is -2.17. The van der Waals surface area contributed by atoms with Gasteiger partial charge in [-0.3, -0.25) is 4.79 Å². The van der Waals surface area contributed by atoms with Crippen molar-refractivity contribution < 1.29 is 9.53 Å². The molecular weight excluding hydrogens is 316 g/mol. The third kappa shape index (κ3) is 6.38. The van der Waals surface area contributed by atoms with E-state index in [0.717, 1.165) is 26.2 Å². The van der Waals surface area contributed by atoms with Gasteiger partial charge in [-0.1, -0.05) is 23.8 Å². The maximum absolute atomic E-state index is 11.8. The second-order valence-electron chi connectivity index (χ2n) is 6.85. The van der Waals surface area contributed by atoms with Crippen LogP contribution in [-0.4, -0.2) is 57.2 Å². The molecule has 1 unspecified atom stereocenters. The van der Waals surface area contributed by atoms with Crippen molar-refractivity contribution >= 4 is 11.9 Å². The molecule has 1 fully saturated rings. The number of aryl methyl sites for hydroxylation is 2. The molecule has 6 heteroatoms. The molecule has 1 saturated heterocycles. The Bertz CT molecular complexity index is 607. The smallest absolute Gasteiger partial charge is 0.241 e. The number of nitrogens with zero attached hydrogens (tertiary/aromatic N) is 2. The molecule has 0 saturated carbocycles. The van der Waals surface area contributed by atoms with E-state index in [0.29, 0.717) is 18.4 Å².